The lowest BCUT2D eigenvalue weighted by molar-refractivity contribution is 0.0274. The number of carbonyl (C=O) groups is 2. The van der Waals surface area contributed by atoms with E-state index in [1.54, 1.807) is 34.3 Å². The van der Waals surface area contributed by atoms with Crippen molar-refractivity contribution in [3.05, 3.63) is 35.0 Å². The van der Waals surface area contributed by atoms with E-state index in [0.29, 0.717) is 47.9 Å². The topological polar surface area (TPSA) is 94.9 Å². The fourth-order valence-electron chi connectivity index (χ4n) is 3.62. The van der Waals surface area contributed by atoms with Gasteiger partial charge in [-0.05, 0) is 36.3 Å². The summed E-state index contributed by atoms with van der Waals surface area (Å²) in [5, 5.41) is 1.20. The molecule has 1 aliphatic heterocycles. The summed E-state index contributed by atoms with van der Waals surface area (Å²) in [4.78, 5) is 33.6. The van der Waals surface area contributed by atoms with Crippen LogP contribution in [-0.4, -0.2) is 90.6 Å². The zero-order valence-electron chi connectivity index (χ0n) is 17.2. The number of nitrogens with two attached hydrogens (primary N) is 1. The number of fused-ring (bicyclic) bond motifs is 1. The summed E-state index contributed by atoms with van der Waals surface area (Å²) < 4.78 is 5.62. The molecule has 156 valence electrons. The molecule has 3 N–H and O–H groups in total. The van der Waals surface area contributed by atoms with E-state index in [2.05, 4.69) is 4.98 Å². The molecule has 0 saturated carbocycles. The molecular weight excluding hydrogens is 390 g/mol. The van der Waals surface area contributed by atoms with Crippen molar-refractivity contribution >= 4 is 40.0 Å². The van der Waals surface area contributed by atoms with Gasteiger partial charge in [0.1, 0.15) is 0 Å². The number of carbonyl (C=O) groups excluding carboxylic acids is 2. The standard InChI is InChI=1S/C20H27N5O3S/c1-23(2)18(26)12-8-15-13(7-14-11-28-6-5-25(14)20(21)29)10-22-17(15)16(9-12)19(27)24(3)4/h8-10,14,22H,5-7,11H2,1-4H3,(H2,21,29)/t14-/m0/s1. The van der Waals surface area contributed by atoms with Gasteiger partial charge in [0.2, 0.25) is 0 Å². The second-order valence-electron chi connectivity index (χ2n) is 7.62. The Hall–Kier alpha value is -2.65. The maximum atomic E-state index is 12.8. The summed E-state index contributed by atoms with van der Waals surface area (Å²) in [5.74, 6) is -0.319. The molecule has 2 heterocycles. The largest absolute Gasteiger partial charge is 0.377 e. The lowest BCUT2D eigenvalue weighted by Crippen LogP contribution is -2.51. The van der Waals surface area contributed by atoms with E-state index in [-0.39, 0.29) is 17.9 Å². The number of rotatable bonds is 4. The molecule has 8 nitrogen and oxygen atoms in total. The fourth-order valence-corrected chi connectivity index (χ4v) is 3.86. The SMILES string of the molecule is CN(C)C(=O)c1cc(C(=O)N(C)C)c2[nH]cc(C[C@H]3COCCN3C(N)=S)c2c1. The highest BCUT2D eigenvalue weighted by Crippen LogP contribution is 2.27. The molecule has 1 aliphatic rings. The lowest BCUT2D eigenvalue weighted by atomic mass is 9.99. The Kier molecular flexibility index (Phi) is 6.09. The third-order valence-electron chi connectivity index (χ3n) is 5.13. The molecule has 0 unspecified atom stereocenters. The highest BCUT2D eigenvalue weighted by molar-refractivity contribution is 7.80. The minimum absolute atomic E-state index is 0.00135. The van der Waals surface area contributed by atoms with Crippen LogP contribution >= 0.6 is 12.2 Å². The Morgan fingerprint density at radius 1 is 1.24 bits per heavy atom. The van der Waals surface area contributed by atoms with Crippen LogP contribution < -0.4 is 5.73 Å². The van der Waals surface area contributed by atoms with Crippen molar-refractivity contribution in [2.45, 2.75) is 12.5 Å². The predicted octanol–water partition coefficient (Wildman–Crippen LogP) is 1.06. The first-order chi connectivity index (χ1) is 13.7. The molecule has 9 heteroatoms. The molecule has 1 aromatic heterocycles. The van der Waals surface area contributed by atoms with E-state index in [0.717, 1.165) is 10.9 Å². The van der Waals surface area contributed by atoms with Crippen LogP contribution in [0, 0.1) is 0 Å². The molecule has 0 bridgehead atoms. The van der Waals surface area contributed by atoms with Gasteiger partial charge in [-0.3, -0.25) is 9.59 Å². The number of hydrogen-bond donors (Lipinski definition) is 2. The van der Waals surface area contributed by atoms with Crippen molar-refractivity contribution in [2.75, 3.05) is 47.9 Å². The van der Waals surface area contributed by atoms with Gasteiger partial charge < -0.3 is 30.2 Å². The first-order valence-electron chi connectivity index (χ1n) is 9.41. The van der Waals surface area contributed by atoms with Crippen molar-refractivity contribution in [1.29, 1.82) is 0 Å². The average molecular weight is 418 g/mol. The van der Waals surface area contributed by atoms with Gasteiger partial charge in [0.05, 0.1) is 30.3 Å². The van der Waals surface area contributed by atoms with Gasteiger partial charge in [0.25, 0.3) is 11.8 Å². The zero-order valence-corrected chi connectivity index (χ0v) is 18.0. The van der Waals surface area contributed by atoms with Gasteiger partial charge in [-0.1, -0.05) is 0 Å². The molecule has 0 aliphatic carbocycles. The second-order valence-corrected chi connectivity index (χ2v) is 8.04. The number of nitrogens with one attached hydrogen (secondary N) is 1. The van der Waals surface area contributed by atoms with Crippen LogP contribution in [0.25, 0.3) is 10.9 Å². The number of thiocarbonyl (C=S) groups is 1. The lowest BCUT2D eigenvalue weighted by Gasteiger charge is -2.36. The first-order valence-corrected chi connectivity index (χ1v) is 9.82. The van der Waals surface area contributed by atoms with Crippen LogP contribution in [0.2, 0.25) is 0 Å². The van der Waals surface area contributed by atoms with Gasteiger partial charge in [0, 0.05) is 51.9 Å². The van der Waals surface area contributed by atoms with Crippen LogP contribution in [0.15, 0.2) is 18.3 Å². The summed E-state index contributed by atoms with van der Waals surface area (Å²) in [6.07, 6.45) is 2.51. The van der Waals surface area contributed by atoms with E-state index in [1.807, 2.05) is 17.2 Å². The minimum Gasteiger partial charge on any atom is -0.377 e. The Bertz CT molecular complexity index is 953. The quantitative estimate of drug-likeness (QED) is 0.723. The summed E-state index contributed by atoms with van der Waals surface area (Å²) in [5.41, 5.74) is 8.53. The maximum Gasteiger partial charge on any atom is 0.255 e. The van der Waals surface area contributed by atoms with E-state index < -0.39 is 0 Å². The van der Waals surface area contributed by atoms with Crippen LogP contribution in [0.5, 0.6) is 0 Å². The monoisotopic (exact) mass is 417 g/mol. The molecule has 0 radical (unpaired) electrons. The number of H-pyrrole nitrogens is 1. The number of amides is 2. The number of benzene rings is 1. The Labute approximate surface area is 175 Å². The van der Waals surface area contributed by atoms with Crippen molar-refractivity contribution in [3.8, 4) is 0 Å². The highest BCUT2D eigenvalue weighted by Gasteiger charge is 2.26. The molecule has 2 aromatic rings. The maximum absolute atomic E-state index is 12.8. The van der Waals surface area contributed by atoms with E-state index >= 15 is 0 Å². The number of aromatic amines is 1. The van der Waals surface area contributed by atoms with E-state index in [1.165, 1.54) is 9.80 Å². The van der Waals surface area contributed by atoms with Crippen LogP contribution in [-0.2, 0) is 11.2 Å². The molecule has 1 saturated heterocycles. The third-order valence-corrected chi connectivity index (χ3v) is 5.37. The summed E-state index contributed by atoms with van der Waals surface area (Å²) in [6, 6.07) is 3.49. The number of hydrogen-bond acceptors (Lipinski definition) is 4. The van der Waals surface area contributed by atoms with Gasteiger partial charge in [-0.2, -0.15) is 0 Å². The Balaban J connectivity index is 2.08. The Morgan fingerprint density at radius 2 is 1.93 bits per heavy atom. The molecule has 1 aromatic carbocycles. The second kappa shape index (κ2) is 8.38. The van der Waals surface area contributed by atoms with Gasteiger partial charge in [-0.25, -0.2) is 0 Å². The molecule has 2 amide bonds. The van der Waals surface area contributed by atoms with Gasteiger partial charge in [-0.15, -0.1) is 0 Å². The number of nitrogens with zero attached hydrogens (tertiary/aromatic N) is 3. The molecule has 29 heavy (non-hydrogen) atoms. The predicted molar refractivity (Wildman–Crippen MR) is 116 cm³/mol. The average Bonchev–Trinajstić information content (AvgIpc) is 3.08. The van der Waals surface area contributed by atoms with Gasteiger partial charge in [0.15, 0.2) is 5.11 Å². The first kappa shape index (κ1) is 21.1. The number of aromatic nitrogens is 1. The fraction of sp³-hybridized carbons (Fsp3) is 0.450. The number of morpholine rings is 1. The van der Waals surface area contributed by atoms with Crippen molar-refractivity contribution in [3.63, 3.8) is 0 Å². The highest BCUT2D eigenvalue weighted by atomic mass is 32.1. The van der Waals surface area contributed by atoms with E-state index in [9.17, 15) is 9.59 Å². The van der Waals surface area contributed by atoms with Crippen molar-refractivity contribution in [2.24, 2.45) is 5.73 Å². The zero-order chi connectivity index (χ0) is 21.3. The number of ether oxygens (including phenoxy) is 1. The summed E-state index contributed by atoms with van der Waals surface area (Å²) in [6.45, 7) is 1.76. The smallest absolute Gasteiger partial charge is 0.255 e. The van der Waals surface area contributed by atoms with Crippen LogP contribution in [0.1, 0.15) is 26.3 Å². The normalized spacial score (nSPS) is 16.7. The van der Waals surface area contributed by atoms with Crippen molar-refractivity contribution in [1.82, 2.24) is 19.7 Å². The molecular formula is C20H27N5O3S. The summed E-state index contributed by atoms with van der Waals surface area (Å²) >= 11 is 5.19. The minimum atomic E-state index is -0.164. The Morgan fingerprint density at radius 3 is 2.55 bits per heavy atom. The summed E-state index contributed by atoms with van der Waals surface area (Å²) in [7, 11) is 6.77. The molecule has 3 rings (SSSR count). The van der Waals surface area contributed by atoms with Gasteiger partial charge >= 0.3 is 0 Å². The van der Waals surface area contributed by atoms with Crippen LogP contribution in [0.3, 0.4) is 0 Å². The van der Waals surface area contributed by atoms with Crippen LogP contribution in [0.4, 0.5) is 0 Å². The van der Waals surface area contributed by atoms with E-state index in [4.69, 9.17) is 22.7 Å². The van der Waals surface area contributed by atoms with Crippen molar-refractivity contribution < 1.29 is 14.3 Å². The molecule has 1 atom stereocenters. The molecule has 0 spiro atoms. The molecule has 1 fully saturated rings. The third kappa shape index (κ3) is 4.20.